The molecule has 2 rings (SSSR count). The highest BCUT2D eigenvalue weighted by atomic mass is 16.5. The Hall–Kier alpha value is -1.26. The van der Waals surface area contributed by atoms with Crippen LogP contribution in [0.5, 0.6) is 11.5 Å². The van der Waals surface area contributed by atoms with E-state index in [4.69, 9.17) is 14.2 Å². The molecule has 0 saturated carbocycles. The summed E-state index contributed by atoms with van der Waals surface area (Å²) in [5.74, 6) is 1.72. The fourth-order valence-electron chi connectivity index (χ4n) is 2.04. The molecule has 0 aromatic heterocycles. The molecule has 1 N–H and O–H groups in total. The van der Waals surface area contributed by atoms with Crippen molar-refractivity contribution in [2.75, 3.05) is 33.0 Å². The number of rotatable bonds is 8. The molecule has 1 aromatic carbocycles. The Balaban J connectivity index is 1.69. The summed E-state index contributed by atoms with van der Waals surface area (Å²) in [5.41, 5.74) is 1.21. The van der Waals surface area contributed by atoms with E-state index in [2.05, 4.69) is 24.4 Å². The first-order valence-electron chi connectivity index (χ1n) is 7.57. The monoisotopic (exact) mass is 279 g/mol. The summed E-state index contributed by atoms with van der Waals surface area (Å²) in [4.78, 5) is 0. The van der Waals surface area contributed by atoms with Gasteiger partial charge in [-0.25, -0.2) is 0 Å². The number of hydrogen-bond acceptors (Lipinski definition) is 4. The van der Waals surface area contributed by atoms with Gasteiger partial charge >= 0.3 is 0 Å². The fourth-order valence-corrected chi connectivity index (χ4v) is 2.04. The zero-order valence-electron chi connectivity index (χ0n) is 12.3. The Morgan fingerprint density at radius 1 is 1.15 bits per heavy atom. The molecule has 1 aliphatic rings. The van der Waals surface area contributed by atoms with Crippen LogP contribution < -0.4 is 14.8 Å². The van der Waals surface area contributed by atoms with E-state index in [9.17, 15) is 0 Å². The number of ether oxygens (including phenoxy) is 3. The molecule has 0 spiro atoms. The predicted octanol–water partition coefficient (Wildman–Crippen LogP) is 2.75. The van der Waals surface area contributed by atoms with Crippen LogP contribution in [0.25, 0.3) is 0 Å². The van der Waals surface area contributed by atoms with Crippen molar-refractivity contribution >= 4 is 0 Å². The average Bonchev–Trinajstić information content (AvgIpc) is 2.71. The van der Waals surface area contributed by atoms with Gasteiger partial charge < -0.3 is 19.5 Å². The van der Waals surface area contributed by atoms with Gasteiger partial charge in [0, 0.05) is 26.1 Å². The van der Waals surface area contributed by atoms with E-state index in [0.717, 1.165) is 63.9 Å². The quantitative estimate of drug-likeness (QED) is 0.743. The number of fused-ring (bicyclic) bond motifs is 1. The minimum atomic E-state index is 0.731. The van der Waals surface area contributed by atoms with E-state index in [0.29, 0.717) is 0 Å². The van der Waals surface area contributed by atoms with E-state index in [1.165, 1.54) is 12.0 Å². The van der Waals surface area contributed by atoms with Crippen LogP contribution >= 0.6 is 0 Å². The van der Waals surface area contributed by atoms with E-state index >= 15 is 0 Å². The summed E-state index contributed by atoms with van der Waals surface area (Å²) >= 11 is 0. The summed E-state index contributed by atoms with van der Waals surface area (Å²) in [5, 5.41) is 3.38. The molecule has 4 nitrogen and oxygen atoms in total. The van der Waals surface area contributed by atoms with Crippen LogP contribution in [0.1, 0.15) is 31.7 Å². The summed E-state index contributed by atoms with van der Waals surface area (Å²) in [7, 11) is 0. The molecule has 20 heavy (non-hydrogen) atoms. The number of unbranched alkanes of at least 4 members (excludes halogenated alkanes) is 1. The molecule has 1 aromatic rings. The van der Waals surface area contributed by atoms with E-state index < -0.39 is 0 Å². The lowest BCUT2D eigenvalue weighted by Crippen LogP contribution is -2.19. The lowest BCUT2D eigenvalue weighted by molar-refractivity contribution is 0.133. The zero-order valence-corrected chi connectivity index (χ0v) is 12.3. The van der Waals surface area contributed by atoms with Gasteiger partial charge in [0.1, 0.15) is 0 Å². The molecule has 0 fully saturated rings. The van der Waals surface area contributed by atoms with Crippen LogP contribution in [-0.4, -0.2) is 33.0 Å². The van der Waals surface area contributed by atoms with Gasteiger partial charge in [0.25, 0.3) is 0 Å². The number of hydrogen-bond donors (Lipinski definition) is 1. The van der Waals surface area contributed by atoms with Crippen molar-refractivity contribution in [1.29, 1.82) is 0 Å². The first kappa shape index (κ1) is 15.1. The molecular formula is C16H25NO3. The fraction of sp³-hybridized carbons (Fsp3) is 0.625. The van der Waals surface area contributed by atoms with Crippen LogP contribution in [0.3, 0.4) is 0 Å². The molecular weight excluding hydrogens is 254 g/mol. The third kappa shape index (κ3) is 5.02. The molecule has 1 aliphatic heterocycles. The summed E-state index contributed by atoms with van der Waals surface area (Å²) in [6.45, 7) is 6.97. The van der Waals surface area contributed by atoms with Crippen LogP contribution in [-0.2, 0) is 11.3 Å². The first-order valence-corrected chi connectivity index (χ1v) is 7.57. The molecule has 0 atom stereocenters. The minimum absolute atomic E-state index is 0.731. The molecule has 0 saturated heterocycles. The highest BCUT2D eigenvalue weighted by Gasteiger charge is 2.10. The van der Waals surface area contributed by atoms with Crippen molar-refractivity contribution < 1.29 is 14.2 Å². The molecule has 1 heterocycles. The summed E-state index contributed by atoms with van der Waals surface area (Å²) < 4.78 is 16.8. The van der Waals surface area contributed by atoms with Crippen LogP contribution in [0.4, 0.5) is 0 Å². The second kappa shape index (κ2) is 8.82. The zero-order chi connectivity index (χ0) is 14.0. The Morgan fingerprint density at radius 2 is 2.00 bits per heavy atom. The van der Waals surface area contributed by atoms with Gasteiger partial charge in [0.05, 0.1) is 19.8 Å². The molecule has 0 radical (unpaired) electrons. The SMILES string of the molecule is CCCCOCCNCc1ccc2c(c1)OCCCO2. The van der Waals surface area contributed by atoms with E-state index in [1.54, 1.807) is 0 Å². The molecule has 0 aliphatic carbocycles. The Morgan fingerprint density at radius 3 is 2.85 bits per heavy atom. The predicted molar refractivity (Wildman–Crippen MR) is 79.5 cm³/mol. The Labute approximate surface area is 121 Å². The van der Waals surface area contributed by atoms with Crippen molar-refractivity contribution in [3.05, 3.63) is 23.8 Å². The maximum absolute atomic E-state index is 5.68. The first-order chi connectivity index (χ1) is 9.90. The van der Waals surface area contributed by atoms with Crippen LogP contribution in [0.15, 0.2) is 18.2 Å². The molecule has 0 bridgehead atoms. The minimum Gasteiger partial charge on any atom is -0.490 e. The molecule has 0 unspecified atom stereocenters. The van der Waals surface area contributed by atoms with E-state index in [1.807, 2.05) is 6.07 Å². The standard InChI is InChI=1S/C16H25NO3/c1-2-3-8-18-11-7-17-13-14-5-6-15-16(12-14)20-10-4-9-19-15/h5-6,12,17H,2-4,7-11,13H2,1H3. The molecule has 112 valence electrons. The normalized spacial score (nSPS) is 14.1. The van der Waals surface area contributed by atoms with Gasteiger partial charge in [0.2, 0.25) is 0 Å². The largest absolute Gasteiger partial charge is 0.490 e. The lowest BCUT2D eigenvalue weighted by Gasteiger charge is -2.10. The summed E-state index contributed by atoms with van der Waals surface area (Å²) in [6, 6.07) is 6.14. The number of benzene rings is 1. The van der Waals surface area contributed by atoms with Gasteiger partial charge in [0.15, 0.2) is 11.5 Å². The van der Waals surface area contributed by atoms with Crippen molar-refractivity contribution in [1.82, 2.24) is 5.32 Å². The van der Waals surface area contributed by atoms with Crippen molar-refractivity contribution in [2.24, 2.45) is 0 Å². The van der Waals surface area contributed by atoms with Crippen molar-refractivity contribution in [3.63, 3.8) is 0 Å². The third-order valence-corrected chi connectivity index (χ3v) is 3.21. The summed E-state index contributed by atoms with van der Waals surface area (Å²) in [6.07, 6.45) is 3.27. The average molecular weight is 279 g/mol. The van der Waals surface area contributed by atoms with Crippen molar-refractivity contribution in [3.8, 4) is 11.5 Å². The van der Waals surface area contributed by atoms with Crippen molar-refractivity contribution in [2.45, 2.75) is 32.7 Å². The highest BCUT2D eigenvalue weighted by molar-refractivity contribution is 5.43. The molecule has 0 amide bonds. The number of nitrogens with one attached hydrogen (secondary N) is 1. The van der Waals surface area contributed by atoms with Crippen LogP contribution in [0, 0.1) is 0 Å². The van der Waals surface area contributed by atoms with Gasteiger partial charge in [-0.15, -0.1) is 0 Å². The Kier molecular flexibility index (Phi) is 6.68. The second-order valence-electron chi connectivity index (χ2n) is 4.97. The maximum Gasteiger partial charge on any atom is 0.161 e. The highest BCUT2D eigenvalue weighted by Crippen LogP contribution is 2.30. The van der Waals surface area contributed by atoms with Gasteiger partial charge in [-0.1, -0.05) is 19.4 Å². The van der Waals surface area contributed by atoms with Gasteiger partial charge in [-0.05, 0) is 24.1 Å². The lowest BCUT2D eigenvalue weighted by atomic mass is 10.2. The maximum atomic E-state index is 5.68. The van der Waals surface area contributed by atoms with E-state index in [-0.39, 0.29) is 0 Å². The second-order valence-corrected chi connectivity index (χ2v) is 4.97. The topological polar surface area (TPSA) is 39.7 Å². The molecule has 4 heteroatoms. The smallest absolute Gasteiger partial charge is 0.161 e. The van der Waals surface area contributed by atoms with Crippen LogP contribution in [0.2, 0.25) is 0 Å². The van der Waals surface area contributed by atoms with Gasteiger partial charge in [-0.2, -0.15) is 0 Å². The third-order valence-electron chi connectivity index (χ3n) is 3.21. The van der Waals surface area contributed by atoms with Gasteiger partial charge in [-0.3, -0.25) is 0 Å². The Bertz CT molecular complexity index is 395.